The van der Waals surface area contributed by atoms with Gasteiger partial charge in [-0.1, -0.05) is 24.3 Å². The fraction of sp³-hybridized carbons (Fsp3) is 0.250. The van der Waals surface area contributed by atoms with Crippen LogP contribution in [0.15, 0.2) is 87.8 Å². The molecule has 41 heavy (non-hydrogen) atoms. The zero-order chi connectivity index (χ0) is 29.5. The molecule has 1 unspecified atom stereocenters. The van der Waals surface area contributed by atoms with E-state index in [-0.39, 0.29) is 23.8 Å². The van der Waals surface area contributed by atoms with E-state index in [1.54, 1.807) is 4.90 Å². The Balaban J connectivity index is 1.61. The molecular weight excluding hydrogens is 595 g/mol. The summed E-state index contributed by atoms with van der Waals surface area (Å²) >= 11 is 3.50. The summed E-state index contributed by atoms with van der Waals surface area (Å²) in [6, 6.07) is 18.3. The second kappa shape index (κ2) is 11.1. The molecule has 0 saturated heterocycles. The van der Waals surface area contributed by atoms with E-state index in [2.05, 4.69) is 22.0 Å². The Kier molecular flexibility index (Phi) is 7.71. The van der Waals surface area contributed by atoms with Crippen LogP contribution in [0.3, 0.4) is 0 Å². The molecule has 2 N–H and O–H groups in total. The molecule has 3 aromatic rings. The van der Waals surface area contributed by atoms with E-state index in [1.807, 2.05) is 50.2 Å². The van der Waals surface area contributed by atoms with Gasteiger partial charge in [-0.2, -0.15) is 18.4 Å². The van der Waals surface area contributed by atoms with Crippen LogP contribution in [0.5, 0.6) is 5.75 Å². The lowest BCUT2D eigenvalue weighted by Gasteiger charge is -2.40. The van der Waals surface area contributed by atoms with Gasteiger partial charge in [0.1, 0.15) is 18.2 Å². The number of ether oxygens (including phenoxy) is 1. The number of allylic oxidation sites excluding steroid dienone is 3. The minimum Gasteiger partial charge on any atom is -0.488 e. The topological polar surface area (TPSA) is 79.4 Å². The maximum absolute atomic E-state index is 13.5. The molecule has 0 saturated carbocycles. The van der Waals surface area contributed by atoms with Crippen LogP contribution < -0.4 is 15.4 Å². The van der Waals surface area contributed by atoms with Gasteiger partial charge in [0.05, 0.1) is 27.6 Å². The van der Waals surface area contributed by atoms with E-state index >= 15 is 0 Å². The Bertz CT molecular complexity index is 1640. The van der Waals surface area contributed by atoms with Gasteiger partial charge in [0, 0.05) is 23.4 Å². The molecule has 1 heterocycles. The summed E-state index contributed by atoms with van der Waals surface area (Å²) in [7, 11) is 0. The number of carbonyl (C=O) groups is 1. The standard InChI is InChI=1S/C32H27BrF3N3O2/c1-18-14-19(2)23(15-20(18)17-41-28-9-4-3-6-25(28)33)29-24(16-37)31(38)39(26-7-5-8-27(40)30(26)29)22-12-10-21(11-13-22)32(34,35)36/h3-4,6,9-15,29H,5,7-8,17,38H2,1-2H3. The van der Waals surface area contributed by atoms with E-state index in [4.69, 9.17) is 10.5 Å². The quantitative estimate of drug-likeness (QED) is 0.312. The summed E-state index contributed by atoms with van der Waals surface area (Å²) in [5.41, 5.74) is 11.0. The molecule has 9 heteroatoms. The molecule has 0 radical (unpaired) electrons. The number of anilines is 1. The molecule has 2 aliphatic rings. The molecule has 5 rings (SSSR count). The molecule has 5 nitrogen and oxygen atoms in total. The van der Waals surface area contributed by atoms with E-state index in [9.17, 15) is 23.2 Å². The summed E-state index contributed by atoms with van der Waals surface area (Å²) in [5, 5.41) is 10.4. The van der Waals surface area contributed by atoms with Crippen LogP contribution in [0.25, 0.3) is 0 Å². The number of para-hydroxylation sites is 1. The summed E-state index contributed by atoms with van der Waals surface area (Å²) in [4.78, 5) is 15.1. The second-order valence-corrected chi connectivity index (χ2v) is 11.1. The van der Waals surface area contributed by atoms with E-state index < -0.39 is 17.7 Å². The van der Waals surface area contributed by atoms with Crippen molar-refractivity contribution in [2.24, 2.45) is 5.73 Å². The van der Waals surface area contributed by atoms with Crippen molar-refractivity contribution in [1.82, 2.24) is 0 Å². The van der Waals surface area contributed by atoms with Gasteiger partial charge in [-0.05, 0) is 101 Å². The van der Waals surface area contributed by atoms with Gasteiger partial charge >= 0.3 is 6.18 Å². The van der Waals surface area contributed by atoms with Crippen LogP contribution in [0.4, 0.5) is 18.9 Å². The smallest absolute Gasteiger partial charge is 0.416 e. The zero-order valence-electron chi connectivity index (χ0n) is 22.5. The molecule has 1 aliphatic heterocycles. The first kappa shape index (κ1) is 28.5. The van der Waals surface area contributed by atoms with Crippen LogP contribution in [-0.4, -0.2) is 5.78 Å². The lowest BCUT2D eigenvalue weighted by atomic mass is 9.74. The first-order chi connectivity index (χ1) is 19.5. The van der Waals surface area contributed by atoms with Crippen LogP contribution in [0.1, 0.15) is 53.0 Å². The third kappa shape index (κ3) is 5.36. The number of rotatable bonds is 5. The number of nitrogens with zero attached hydrogens (tertiary/aromatic N) is 2. The van der Waals surface area contributed by atoms with Crippen molar-refractivity contribution in [3.8, 4) is 11.8 Å². The number of hydrogen-bond donors (Lipinski definition) is 1. The summed E-state index contributed by atoms with van der Waals surface area (Å²) in [6.45, 7) is 4.18. The predicted octanol–water partition coefficient (Wildman–Crippen LogP) is 7.97. The average molecular weight is 622 g/mol. The summed E-state index contributed by atoms with van der Waals surface area (Å²) in [6.07, 6.45) is -3.09. The third-order valence-corrected chi connectivity index (χ3v) is 8.28. The number of carbonyl (C=O) groups excluding carboxylic acids is 1. The fourth-order valence-corrected chi connectivity index (χ4v) is 5.99. The van der Waals surface area contributed by atoms with Gasteiger partial charge in [-0.25, -0.2) is 0 Å². The lowest BCUT2D eigenvalue weighted by Crippen LogP contribution is -2.39. The molecule has 0 aromatic heterocycles. The Morgan fingerprint density at radius 2 is 1.78 bits per heavy atom. The normalized spacial score (nSPS) is 17.4. The van der Waals surface area contributed by atoms with Gasteiger partial charge in [0.25, 0.3) is 0 Å². The molecule has 0 amide bonds. The Morgan fingerprint density at radius 1 is 1.07 bits per heavy atom. The number of aryl methyl sites for hydroxylation is 2. The minimum atomic E-state index is -4.49. The van der Waals surface area contributed by atoms with Crippen molar-refractivity contribution in [3.05, 3.63) is 116 Å². The molecule has 0 fully saturated rings. The monoisotopic (exact) mass is 621 g/mol. The van der Waals surface area contributed by atoms with Gasteiger partial charge in [-0.15, -0.1) is 0 Å². The first-order valence-corrected chi connectivity index (χ1v) is 13.9. The van der Waals surface area contributed by atoms with E-state index in [0.29, 0.717) is 42.0 Å². The first-order valence-electron chi connectivity index (χ1n) is 13.1. The number of nitriles is 1. The summed E-state index contributed by atoms with van der Waals surface area (Å²) < 4.78 is 46.6. The highest BCUT2D eigenvalue weighted by molar-refractivity contribution is 9.10. The van der Waals surface area contributed by atoms with Gasteiger partial charge in [0.2, 0.25) is 0 Å². The molecule has 1 atom stereocenters. The number of nitrogens with two attached hydrogens (primary N) is 1. The molecule has 210 valence electrons. The molecule has 0 spiro atoms. The van der Waals surface area contributed by atoms with E-state index in [0.717, 1.165) is 38.9 Å². The van der Waals surface area contributed by atoms with Crippen molar-refractivity contribution in [2.45, 2.75) is 51.8 Å². The van der Waals surface area contributed by atoms with E-state index in [1.165, 1.54) is 12.1 Å². The third-order valence-electron chi connectivity index (χ3n) is 7.62. The average Bonchev–Trinajstić information content (AvgIpc) is 2.93. The predicted molar refractivity (Wildman–Crippen MR) is 154 cm³/mol. The SMILES string of the molecule is Cc1cc(C)c(C2C(C#N)=C(N)N(c3ccc(C(F)(F)F)cc3)C3=C2C(=O)CCC3)cc1COc1ccccc1Br. The van der Waals surface area contributed by atoms with Gasteiger partial charge in [0.15, 0.2) is 5.78 Å². The number of ketones is 1. The van der Waals surface area contributed by atoms with Crippen LogP contribution in [0, 0.1) is 25.2 Å². The summed E-state index contributed by atoms with van der Waals surface area (Å²) in [5.74, 6) is 0.000550. The highest BCUT2D eigenvalue weighted by Gasteiger charge is 2.41. The maximum Gasteiger partial charge on any atom is 0.416 e. The molecule has 1 aliphatic carbocycles. The zero-order valence-corrected chi connectivity index (χ0v) is 24.1. The van der Waals surface area contributed by atoms with Crippen LogP contribution in [-0.2, 0) is 17.6 Å². The molecule has 3 aromatic carbocycles. The van der Waals surface area contributed by atoms with Gasteiger partial charge < -0.3 is 10.5 Å². The molecular formula is C32H27BrF3N3O2. The number of alkyl halides is 3. The maximum atomic E-state index is 13.5. The highest BCUT2D eigenvalue weighted by atomic mass is 79.9. The Labute approximate surface area is 244 Å². The lowest BCUT2D eigenvalue weighted by molar-refractivity contribution is -0.137. The minimum absolute atomic E-state index is 0.0978. The van der Waals surface area contributed by atoms with Crippen molar-refractivity contribution < 1.29 is 22.7 Å². The van der Waals surface area contributed by atoms with Crippen molar-refractivity contribution in [3.63, 3.8) is 0 Å². The van der Waals surface area contributed by atoms with Gasteiger partial charge in [-0.3, -0.25) is 9.69 Å². The largest absolute Gasteiger partial charge is 0.488 e. The van der Waals surface area contributed by atoms with Crippen LogP contribution in [0.2, 0.25) is 0 Å². The fourth-order valence-electron chi connectivity index (χ4n) is 5.59. The molecule has 0 bridgehead atoms. The Morgan fingerprint density at radius 3 is 2.44 bits per heavy atom. The number of benzene rings is 3. The van der Waals surface area contributed by atoms with Crippen molar-refractivity contribution in [1.29, 1.82) is 5.26 Å². The van der Waals surface area contributed by atoms with Crippen molar-refractivity contribution in [2.75, 3.05) is 4.90 Å². The van der Waals surface area contributed by atoms with Crippen LogP contribution >= 0.6 is 15.9 Å². The number of Topliss-reactive ketones (excluding diaryl/α,β-unsaturated/α-hetero) is 1. The second-order valence-electron chi connectivity index (χ2n) is 10.2. The number of halogens is 4. The number of hydrogen-bond acceptors (Lipinski definition) is 5. The Hall–Kier alpha value is -4.03. The van der Waals surface area contributed by atoms with Crippen molar-refractivity contribution >= 4 is 27.4 Å². The highest BCUT2D eigenvalue weighted by Crippen LogP contribution is 2.47.